The highest BCUT2D eigenvalue weighted by atomic mass is 16.5. The lowest BCUT2D eigenvalue weighted by molar-refractivity contribution is 0.262. The number of fused-ring (bicyclic) bond motifs is 3. The van der Waals surface area contributed by atoms with E-state index in [1.54, 1.807) is 7.11 Å². The van der Waals surface area contributed by atoms with Crippen molar-refractivity contribution >= 4 is 5.65 Å². The molecule has 0 N–H and O–H groups in total. The van der Waals surface area contributed by atoms with Crippen molar-refractivity contribution < 1.29 is 4.74 Å². The van der Waals surface area contributed by atoms with Gasteiger partial charge >= 0.3 is 0 Å². The Morgan fingerprint density at radius 1 is 1.47 bits per heavy atom. The van der Waals surface area contributed by atoms with Crippen LogP contribution in [-0.2, 0) is 13.0 Å². The summed E-state index contributed by atoms with van der Waals surface area (Å²) in [5, 5.41) is 0. The molecule has 0 bridgehead atoms. The normalized spacial score (nSPS) is 16.1. The number of ether oxygens (including phenoxy) is 1. The van der Waals surface area contributed by atoms with Gasteiger partial charge in [0.05, 0.1) is 18.5 Å². The van der Waals surface area contributed by atoms with E-state index in [0.29, 0.717) is 0 Å². The number of rotatable bonds is 2. The van der Waals surface area contributed by atoms with Gasteiger partial charge in [-0.25, -0.2) is 4.98 Å². The van der Waals surface area contributed by atoms with Gasteiger partial charge in [0.2, 0.25) is 0 Å². The van der Waals surface area contributed by atoms with Gasteiger partial charge in [-0.15, -0.1) is 0 Å². The second kappa shape index (κ2) is 4.04. The number of pyridine rings is 1. The minimum Gasteiger partial charge on any atom is -0.493 e. The summed E-state index contributed by atoms with van der Waals surface area (Å²) >= 11 is 0. The molecule has 0 spiro atoms. The SMILES string of the molecule is CCN1CCc2nc3c(OC)cccn3c2C1. The summed E-state index contributed by atoms with van der Waals surface area (Å²) in [7, 11) is 1.70. The number of likely N-dealkylation sites (N-methyl/N-ethyl adjacent to an activating group) is 1. The van der Waals surface area contributed by atoms with Crippen molar-refractivity contribution in [3.63, 3.8) is 0 Å². The molecule has 1 aliphatic rings. The average molecular weight is 231 g/mol. The highest BCUT2D eigenvalue weighted by Gasteiger charge is 2.21. The quantitative estimate of drug-likeness (QED) is 0.788. The first-order valence-corrected chi connectivity index (χ1v) is 6.08. The molecule has 0 aromatic carbocycles. The number of aromatic nitrogens is 2. The minimum atomic E-state index is 0.852. The van der Waals surface area contributed by atoms with Gasteiger partial charge in [-0.05, 0) is 18.7 Å². The molecule has 0 saturated carbocycles. The van der Waals surface area contributed by atoms with E-state index in [1.807, 2.05) is 12.1 Å². The van der Waals surface area contributed by atoms with E-state index in [0.717, 1.165) is 37.5 Å². The molecule has 3 rings (SSSR count). The minimum absolute atomic E-state index is 0.852. The van der Waals surface area contributed by atoms with Crippen molar-refractivity contribution in [2.24, 2.45) is 0 Å². The predicted molar refractivity (Wildman–Crippen MR) is 66.4 cm³/mol. The third kappa shape index (κ3) is 1.60. The fourth-order valence-electron chi connectivity index (χ4n) is 2.49. The van der Waals surface area contributed by atoms with Gasteiger partial charge in [0.1, 0.15) is 0 Å². The molecule has 2 aromatic rings. The number of nitrogens with zero attached hydrogens (tertiary/aromatic N) is 3. The molecule has 0 aliphatic carbocycles. The highest BCUT2D eigenvalue weighted by Crippen LogP contribution is 2.25. The van der Waals surface area contributed by atoms with Gasteiger partial charge in [-0.3, -0.25) is 9.30 Å². The van der Waals surface area contributed by atoms with Crippen LogP contribution in [0.4, 0.5) is 0 Å². The monoisotopic (exact) mass is 231 g/mol. The molecule has 0 saturated heterocycles. The summed E-state index contributed by atoms with van der Waals surface area (Å²) < 4.78 is 7.52. The van der Waals surface area contributed by atoms with E-state index >= 15 is 0 Å². The topological polar surface area (TPSA) is 29.8 Å². The van der Waals surface area contributed by atoms with Crippen LogP contribution in [0.5, 0.6) is 5.75 Å². The summed E-state index contributed by atoms with van der Waals surface area (Å²) in [5.74, 6) is 0.852. The smallest absolute Gasteiger partial charge is 0.180 e. The molecular formula is C13H17N3O. The summed E-state index contributed by atoms with van der Waals surface area (Å²) in [5.41, 5.74) is 3.48. The average Bonchev–Trinajstić information content (AvgIpc) is 2.76. The second-order valence-electron chi connectivity index (χ2n) is 4.39. The molecule has 4 heteroatoms. The zero-order valence-electron chi connectivity index (χ0n) is 10.3. The first-order valence-electron chi connectivity index (χ1n) is 6.08. The van der Waals surface area contributed by atoms with E-state index < -0.39 is 0 Å². The Bertz CT molecular complexity index is 547. The van der Waals surface area contributed by atoms with E-state index in [1.165, 1.54) is 11.4 Å². The lowest BCUT2D eigenvalue weighted by Gasteiger charge is -2.24. The molecular weight excluding hydrogens is 214 g/mol. The van der Waals surface area contributed by atoms with Crippen molar-refractivity contribution in [1.82, 2.24) is 14.3 Å². The Hall–Kier alpha value is -1.55. The fourth-order valence-corrected chi connectivity index (χ4v) is 2.49. The Labute approximate surface area is 101 Å². The lowest BCUT2D eigenvalue weighted by Crippen LogP contribution is -2.30. The van der Waals surface area contributed by atoms with E-state index in [-0.39, 0.29) is 0 Å². The molecule has 90 valence electrons. The van der Waals surface area contributed by atoms with Crippen molar-refractivity contribution in [1.29, 1.82) is 0 Å². The highest BCUT2D eigenvalue weighted by molar-refractivity contribution is 5.56. The molecule has 4 nitrogen and oxygen atoms in total. The Balaban J connectivity index is 2.16. The van der Waals surface area contributed by atoms with Crippen LogP contribution in [0, 0.1) is 0 Å². The number of methoxy groups -OCH3 is 1. The van der Waals surface area contributed by atoms with Crippen LogP contribution in [0.2, 0.25) is 0 Å². The standard InChI is InChI=1S/C13H17N3O/c1-3-15-8-6-10-11(9-15)16-7-4-5-12(17-2)13(16)14-10/h4-5,7H,3,6,8-9H2,1-2H3. The van der Waals surface area contributed by atoms with Crippen LogP contribution in [0.1, 0.15) is 18.3 Å². The van der Waals surface area contributed by atoms with Crippen LogP contribution in [-0.4, -0.2) is 34.5 Å². The molecule has 3 heterocycles. The van der Waals surface area contributed by atoms with Crippen molar-refractivity contribution in [3.8, 4) is 5.75 Å². The second-order valence-corrected chi connectivity index (χ2v) is 4.39. The Kier molecular flexibility index (Phi) is 2.52. The molecule has 0 fully saturated rings. The van der Waals surface area contributed by atoms with Crippen LogP contribution in [0.3, 0.4) is 0 Å². The van der Waals surface area contributed by atoms with Gasteiger partial charge in [-0.1, -0.05) is 6.92 Å². The third-order valence-corrected chi connectivity index (χ3v) is 3.50. The van der Waals surface area contributed by atoms with Gasteiger partial charge in [-0.2, -0.15) is 0 Å². The molecule has 2 aromatic heterocycles. The zero-order valence-corrected chi connectivity index (χ0v) is 10.3. The summed E-state index contributed by atoms with van der Waals surface area (Å²) in [6, 6.07) is 3.98. The predicted octanol–water partition coefficient (Wildman–Crippen LogP) is 1.72. The molecule has 0 atom stereocenters. The van der Waals surface area contributed by atoms with Crippen LogP contribution in [0.15, 0.2) is 18.3 Å². The maximum Gasteiger partial charge on any atom is 0.180 e. The van der Waals surface area contributed by atoms with Gasteiger partial charge < -0.3 is 4.74 Å². The lowest BCUT2D eigenvalue weighted by atomic mass is 10.1. The third-order valence-electron chi connectivity index (χ3n) is 3.50. The molecule has 17 heavy (non-hydrogen) atoms. The van der Waals surface area contributed by atoms with Crippen molar-refractivity contribution in [3.05, 3.63) is 29.7 Å². The van der Waals surface area contributed by atoms with Crippen molar-refractivity contribution in [2.75, 3.05) is 20.2 Å². The van der Waals surface area contributed by atoms with Gasteiger partial charge in [0.25, 0.3) is 0 Å². The number of hydrogen-bond acceptors (Lipinski definition) is 3. The summed E-state index contributed by atoms with van der Waals surface area (Å²) in [4.78, 5) is 7.14. The molecule has 0 amide bonds. The molecule has 0 radical (unpaired) electrons. The van der Waals surface area contributed by atoms with E-state index in [2.05, 4.69) is 22.4 Å². The van der Waals surface area contributed by atoms with Crippen LogP contribution < -0.4 is 4.74 Å². The Morgan fingerprint density at radius 3 is 3.12 bits per heavy atom. The Morgan fingerprint density at radius 2 is 2.35 bits per heavy atom. The first kappa shape index (κ1) is 10.6. The number of hydrogen-bond donors (Lipinski definition) is 0. The van der Waals surface area contributed by atoms with Crippen LogP contribution >= 0.6 is 0 Å². The molecule has 1 aliphatic heterocycles. The maximum atomic E-state index is 5.36. The zero-order chi connectivity index (χ0) is 11.8. The summed E-state index contributed by atoms with van der Waals surface area (Å²) in [6.07, 6.45) is 3.11. The summed E-state index contributed by atoms with van der Waals surface area (Å²) in [6.45, 7) is 5.39. The largest absolute Gasteiger partial charge is 0.493 e. The molecule has 0 unspecified atom stereocenters. The van der Waals surface area contributed by atoms with Gasteiger partial charge in [0.15, 0.2) is 11.4 Å². The van der Waals surface area contributed by atoms with Crippen LogP contribution in [0.25, 0.3) is 5.65 Å². The number of imidazole rings is 1. The van der Waals surface area contributed by atoms with Gasteiger partial charge in [0, 0.05) is 25.7 Å². The van der Waals surface area contributed by atoms with E-state index in [4.69, 9.17) is 9.72 Å². The fraction of sp³-hybridized carbons (Fsp3) is 0.462. The van der Waals surface area contributed by atoms with Crippen molar-refractivity contribution in [2.45, 2.75) is 19.9 Å². The van der Waals surface area contributed by atoms with E-state index in [9.17, 15) is 0 Å². The first-order chi connectivity index (χ1) is 8.33. The maximum absolute atomic E-state index is 5.36.